The van der Waals surface area contributed by atoms with Crippen LogP contribution in [0.3, 0.4) is 0 Å². The van der Waals surface area contributed by atoms with Crippen LogP contribution in [-0.2, 0) is 0 Å². The molecule has 0 radical (unpaired) electrons. The van der Waals surface area contributed by atoms with Gasteiger partial charge in [0.05, 0.1) is 11.9 Å². The Kier molecular flexibility index (Phi) is 2.14. The SMILES string of the molecule is C1=CNN(Nc2ccccc2)N=C1. The van der Waals surface area contributed by atoms with Gasteiger partial charge in [-0.05, 0) is 18.2 Å². The molecule has 2 rings (SSSR count). The normalized spacial score (nSPS) is 14.0. The Morgan fingerprint density at radius 2 is 2.08 bits per heavy atom. The average Bonchev–Trinajstić information content (AvgIpc) is 2.21. The molecule has 0 bridgehead atoms. The Morgan fingerprint density at radius 1 is 1.23 bits per heavy atom. The van der Waals surface area contributed by atoms with E-state index in [0.717, 1.165) is 5.69 Å². The van der Waals surface area contributed by atoms with Gasteiger partial charge in [0, 0.05) is 6.20 Å². The molecule has 66 valence electrons. The zero-order valence-electron chi connectivity index (χ0n) is 7.01. The van der Waals surface area contributed by atoms with Gasteiger partial charge in [0.25, 0.3) is 0 Å². The molecule has 0 spiro atoms. The second kappa shape index (κ2) is 3.62. The van der Waals surface area contributed by atoms with Crippen molar-refractivity contribution in [1.29, 1.82) is 0 Å². The topological polar surface area (TPSA) is 39.7 Å². The lowest BCUT2D eigenvalue weighted by atomic mass is 10.3. The smallest absolute Gasteiger partial charge is 0.0577 e. The van der Waals surface area contributed by atoms with Crippen LogP contribution in [0.4, 0.5) is 5.69 Å². The maximum atomic E-state index is 4.02. The summed E-state index contributed by atoms with van der Waals surface area (Å²) in [5, 5.41) is 5.56. The Bertz CT molecular complexity index is 318. The van der Waals surface area contributed by atoms with Crippen molar-refractivity contribution in [3.8, 4) is 0 Å². The van der Waals surface area contributed by atoms with Crippen molar-refractivity contribution in [3.05, 3.63) is 42.6 Å². The summed E-state index contributed by atoms with van der Waals surface area (Å²) in [4.78, 5) is 0. The van der Waals surface area contributed by atoms with Crippen molar-refractivity contribution in [1.82, 2.24) is 10.7 Å². The molecule has 0 saturated carbocycles. The number of benzene rings is 1. The lowest BCUT2D eigenvalue weighted by molar-refractivity contribution is 0.285. The Labute approximate surface area is 76.5 Å². The molecule has 2 N–H and O–H groups in total. The fourth-order valence-electron chi connectivity index (χ4n) is 0.991. The third-order valence-corrected chi connectivity index (χ3v) is 1.57. The van der Waals surface area contributed by atoms with Crippen molar-refractivity contribution in [2.75, 3.05) is 5.43 Å². The quantitative estimate of drug-likeness (QED) is 0.710. The zero-order chi connectivity index (χ0) is 8.93. The monoisotopic (exact) mass is 174 g/mol. The highest BCUT2D eigenvalue weighted by Crippen LogP contribution is 2.05. The molecule has 0 amide bonds. The molecular formula is C9H10N4. The van der Waals surface area contributed by atoms with Crippen molar-refractivity contribution in [2.45, 2.75) is 0 Å². The highest BCUT2D eigenvalue weighted by atomic mass is 15.9. The second-order valence-electron chi connectivity index (χ2n) is 2.54. The first-order valence-electron chi connectivity index (χ1n) is 4.02. The molecule has 1 aromatic carbocycles. The fourth-order valence-corrected chi connectivity index (χ4v) is 0.991. The third kappa shape index (κ3) is 1.99. The van der Waals surface area contributed by atoms with Gasteiger partial charge in [-0.3, -0.25) is 10.9 Å². The van der Waals surface area contributed by atoms with Gasteiger partial charge >= 0.3 is 0 Å². The molecule has 0 aliphatic carbocycles. The Morgan fingerprint density at radius 3 is 2.77 bits per heavy atom. The molecule has 4 heteroatoms. The number of allylic oxidation sites excluding steroid dienone is 1. The van der Waals surface area contributed by atoms with E-state index in [4.69, 9.17) is 0 Å². The average molecular weight is 174 g/mol. The summed E-state index contributed by atoms with van der Waals surface area (Å²) in [6, 6.07) is 9.83. The van der Waals surface area contributed by atoms with Crippen LogP contribution in [0.2, 0.25) is 0 Å². The van der Waals surface area contributed by atoms with E-state index in [-0.39, 0.29) is 0 Å². The largest absolute Gasteiger partial charge is 0.270 e. The van der Waals surface area contributed by atoms with Crippen molar-refractivity contribution in [2.24, 2.45) is 5.10 Å². The molecule has 4 nitrogen and oxygen atoms in total. The summed E-state index contributed by atoms with van der Waals surface area (Å²) in [6.07, 6.45) is 5.32. The number of rotatable bonds is 2. The van der Waals surface area contributed by atoms with Crippen molar-refractivity contribution in [3.63, 3.8) is 0 Å². The molecule has 1 aliphatic heterocycles. The minimum atomic E-state index is 0.988. The summed E-state index contributed by atoms with van der Waals surface area (Å²) >= 11 is 0. The predicted molar refractivity (Wildman–Crippen MR) is 52.7 cm³/mol. The molecule has 13 heavy (non-hydrogen) atoms. The molecule has 0 fully saturated rings. The summed E-state index contributed by atoms with van der Waals surface area (Å²) in [6.45, 7) is 0. The molecule has 1 aromatic rings. The number of nitrogens with zero attached hydrogens (tertiary/aromatic N) is 2. The number of hydrazone groups is 1. The maximum Gasteiger partial charge on any atom is 0.0577 e. The number of hydrogen-bond donors (Lipinski definition) is 2. The van der Waals surface area contributed by atoms with E-state index in [1.165, 1.54) is 5.23 Å². The van der Waals surface area contributed by atoms with Gasteiger partial charge in [-0.2, -0.15) is 0 Å². The number of para-hydroxylation sites is 1. The Hall–Kier alpha value is -1.97. The highest BCUT2D eigenvalue weighted by Gasteiger charge is 1.97. The minimum Gasteiger partial charge on any atom is -0.270 e. The van der Waals surface area contributed by atoms with Gasteiger partial charge < -0.3 is 0 Å². The first kappa shape index (κ1) is 7.67. The van der Waals surface area contributed by atoms with Crippen LogP contribution in [0.5, 0.6) is 0 Å². The molecule has 0 unspecified atom stereocenters. The van der Waals surface area contributed by atoms with Crippen LogP contribution in [-0.4, -0.2) is 11.4 Å². The van der Waals surface area contributed by atoms with E-state index in [1.54, 1.807) is 12.4 Å². The van der Waals surface area contributed by atoms with Gasteiger partial charge in [-0.1, -0.05) is 18.2 Å². The first-order chi connectivity index (χ1) is 6.45. The summed E-state index contributed by atoms with van der Waals surface area (Å²) in [7, 11) is 0. The Balaban J connectivity index is 1.99. The highest BCUT2D eigenvalue weighted by molar-refractivity contribution is 5.71. The van der Waals surface area contributed by atoms with Gasteiger partial charge in [0.1, 0.15) is 0 Å². The summed E-state index contributed by atoms with van der Waals surface area (Å²) < 4.78 is 0. The zero-order valence-corrected chi connectivity index (χ0v) is 7.01. The van der Waals surface area contributed by atoms with Crippen LogP contribution in [0, 0.1) is 0 Å². The molecule has 0 atom stereocenters. The van der Waals surface area contributed by atoms with Gasteiger partial charge in [-0.25, -0.2) is 0 Å². The molecule has 1 heterocycles. The van der Waals surface area contributed by atoms with Gasteiger partial charge in [0.2, 0.25) is 0 Å². The molecular weight excluding hydrogens is 164 g/mol. The van der Waals surface area contributed by atoms with Crippen LogP contribution < -0.4 is 10.9 Å². The standard InChI is InChI=1S/C9H10N4/c1-2-5-9(6-3-1)12-13-10-7-4-8-11-13/h1-8,10,12H. The van der Waals surface area contributed by atoms with E-state index in [9.17, 15) is 0 Å². The molecule has 0 aromatic heterocycles. The van der Waals surface area contributed by atoms with Crippen LogP contribution in [0.25, 0.3) is 0 Å². The predicted octanol–water partition coefficient (Wildman–Crippen LogP) is 1.33. The van der Waals surface area contributed by atoms with Gasteiger partial charge in [0.15, 0.2) is 0 Å². The van der Waals surface area contributed by atoms with E-state index >= 15 is 0 Å². The van der Waals surface area contributed by atoms with E-state index in [1.807, 2.05) is 36.4 Å². The van der Waals surface area contributed by atoms with Crippen LogP contribution >= 0.6 is 0 Å². The fraction of sp³-hybridized carbons (Fsp3) is 0. The summed E-state index contributed by atoms with van der Waals surface area (Å²) in [5.41, 5.74) is 6.95. The minimum absolute atomic E-state index is 0.988. The van der Waals surface area contributed by atoms with Crippen molar-refractivity contribution >= 4 is 11.9 Å². The number of hydrogen-bond acceptors (Lipinski definition) is 4. The molecule has 1 aliphatic rings. The number of nitrogens with one attached hydrogen (secondary N) is 2. The third-order valence-electron chi connectivity index (χ3n) is 1.57. The number of anilines is 1. The van der Waals surface area contributed by atoms with Crippen LogP contribution in [0.15, 0.2) is 47.7 Å². The lowest BCUT2D eigenvalue weighted by Crippen LogP contribution is -2.36. The van der Waals surface area contributed by atoms with Crippen LogP contribution in [0.1, 0.15) is 0 Å². The first-order valence-corrected chi connectivity index (χ1v) is 4.02. The lowest BCUT2D eigenvalue weighted by Gasteiger charge is -2.21. The molecule has 0 saturated heterocycles. The van der Waals surface area contributed by atoms with E-state index < -0.39 is 0 Å². The van der Waals surface area contributed by atoms with E-state index in [2.05, 4.69) is 16.0 Å². The van der Waals surface area contributed by atoms with Crippen molar-refractivity contribution < 1.29 is 0 Å². The van der Waals surface area contributed by atoms with Gasteiger partial charge in [-0.15, -0.1) is 10.3 Å². The maximum absolute atomic E-state index is 4.02. The van der Waals surface area contributed by atoms with E-state index in [0.29, 0.717) is 0 Å². The second-order valence-corrected chi connectivity index (χ2v) is 2.54. The summed E-state index contributed by atoms with van der Waals surface area (Å²) in [5.74, 6) is 0. The number of hydrazine groups is 2.